The van der Waals surface area contributed by atoms with Crippen molar-refractivity contribution in [1.29, 1.82) is 0 Å². The van der Waals surface area contributed by atoms with E-state index in [2.05, 4.69) is 51.8 Å². The van der Waals surface area contributed by atoms with Crippen molar-refractivity contribution in [3.63, 3.8) is 0 Å². The number of allylic oxidation sites excluding steroid dienone is 2. The highest BCUT2D eigenvalue weighted by molar-refractivity contribution is 6.30. The zero-order valence-corrected chi connectivity index (χ0v) is 33.1. The largest absolute Gasteiger partial charge is 0.481 e. The number of halogens is 1. The first-order valence-electron chi connectivity index (χ1n) is 20.4. The number of aliphatic carboxylic acids is 1. The van der Waals surface area contributed by atoms with Crippen molar-refractivity contribution in [2.24, 2.45) is 74.9 Å². The molecule has 6 nitrogen and oxygen atoms in total. The van der Waals surface area contributed by atoms with Crippen molar-refractivity contribution < 1.29 is 19.5 Å². The average molecular weight is 719 g/mol. The van der Waals surface area contributed by atoms with Crippen LogP contribution in [0.2, 0.25) is 5.02 Å². The summed E-state index contributed by atoms with van der Waals surface area (Å²) in [6.45, 7) is 18.2. The van der Waals surface area contributed by atoms with Gasteiger partial charge in [-0.2, -0.15) is 0 Å². The minimum atomic E-state index is -0.750. The number of pyridine rings is 1. The summed E-state index contributed by atoms with van der Waals surface area (Å²) in [7, 11) is 0. The third kappa shape index (κ3) is 6.00. The number of carbonyl (C=O) groups is 3. The van der Waals surface area contributed by atoms with Crippen molar-refractivity contribution in [2.75, 3.05) is 6.54 Å². The Labute approximate surface area is 311 Å². The Morgan fingerprint density at radius 3 is 2.39 bits per heavy atom. The monoisotopic (exact) mass is 718 g/mol. The van der Waals surface area contributed by atoms with Gasteiger partial charge >= 0.3 is 5.97 Å². The van der Waals surface area contributed by atoms with Crippen LogP contribution in [0.15, 0.2) is 29.5 Å². The molecular formula is C44H63ClN2O4. The molecule has 0 spiro atoms. The zero-order valence-electron chi connectivity index (χ0n) is 32.3. The number of carbonyl (C=O) groups excluding carboxylic acids is 2. The van der Waals surface area contributed by atoms with Crippen molar-refractivity contribution >= 4 is 29.1 Å². The van der Waals surface area contributed by atoms with E-state index >= 15 is 0 Å². The van der Waals surface area contributed by atoms with E-state index in [0.717, 1.165) is 31.5 Å². The summed E-state index contributed by atoms with van der Waals surface area (Å²) in [5.41, 5.74) is 4.28. The number of hydrogen-bond donors (Lipinski definition) is 2. The van der Waals surface area contributed by atoms with E-state index in [1.165, 1.54) is 44.1 Å². The summed E-state index contributed by atoms with van der Waals surface area (Å²) in [5.74, 6) is 2.47. The molecule has 280 valence electrons. The maximum Gasteiger partial charge on any atom is 0.306 e. The quantitative estimate of drug-likeness (QED) is 0.234. The molecule has 6 aliphatic rings. The lowest BCUT2D eigenvalue weighted by atomic mass is 9.35. The van der Waals surface area contributed by atoms with Gasteiger partial charge in [0.1, 0.15) is 5.78 Å². The van der Waals surface area contributed by atoms with Crippen LogP contribution < -0.4 is 5.32 Å². The van der Waals surface area contributed by atoms with E-state index in [4.69, 9.17) is 11.6 Å². The maximum atomic E-state index is 13.9. The van der Waals surface area contributed by atoms with E-state index in [0.29, 0.717) is 72.0 Å². The zero-order chi connectivity index (χ0) is 36.7. The smallest absolute Gasteiger partial charge is 0.306 e. The number of aromatic nitrogens is 1. The molecule has 0 amide bonds. The highest BCUT2D eigenvalue weighted by Gasteiger charge is 2.66. The summed E-state index contributed by atoms with van der Waals surface area (Å²) in [5, 5.41) is 13.8. The Balaban J connectivity index is 1.08. The molecule has 2 N–H and O–H groups in total. The summed E-state index contributed by atoms with van der Waals surface area (Å²) >= 11 is 6.06. The van der Waals surface area contributed by atoms with Crippen LogP contribution in [0.1, 0.15) is 131 Å². The fraction of sp³-hybridized carbons (Fsp3) is 0.773. The lowest BCUT2D eigenvalue weighted by Gasteiger charge is -2.69. The van der Waals surface area contributed by atoms with Crippen LogP contribution in [0, 0.1) is 74.9 Å². The highest BCUT2D eigenvalue weighted by Crippen LogP contribution is 2.74. The second-order valence-electron chi connectivity index (χ2n) is 19.6. The van der Waals surface area contributed by atoms with Gasteiger partial charge in [-0.3, -0.25) is 19.4 Å². The molecule has 5 fully saturated rings. The molecule has 0 bridgehead atoms. The molecule has 7 rings (SSSR count). The fourth-order valence-electron chi connectivity index (χ4n) is 14.2. The number of Topliss-reactive ketones (excluding diaryl/α,β-unsaturated/α-hetero) is 2. The Hall–Kier alpha value is -2.05. The Morgan fingerprint density at radius 1 is 0.980 bits per heavy atom. The average Bonchev–Trinajstić information content (AvgIpc) is 3.36. The van der Waals surface area contributed by atoms with Gasteiger partial charge in [0.05, 0.1) is 16.6 Å². The van der Waals surface area contributed by atoms with Crippen LogP contribution in [-0.2, 0) is 20.9 Å². The van der Waals surface area contributed by atoms with E-state index < -0.39 is 5.97 Å². The standard InChI is InChI=1S/C44H63ClN2O4/c1-25(2)38-35(49)22-44(18-19-46-24-29-9-8-28(45)23-47-29)17-13-33-30(39(38)44)10-11-37-42(33,6)16-14-36-41(4,5)27(12-15-43(36,37)7)20-34(48)31-21-32(26(31)3)40(50)51/h8-9,23,25-27,30-33,36-37,46H,10-22,24H2,1-7H3,(H,50,51). The van der Waals surface area contributed by atoms with Crippen LogP contribution in [0.3, 0.4) is 0 Å². The van der Waals surface area contributed by atoms with E-state index in [1.807, 2.05) is 19.1 Å². The van der Waals surface area contributed by atoms with E-state index in [-0.39, 0.29) is 45.3 Å². The number of nitrogens with one attached hydrogen (secondary N) is 1. The van der Waals surface area contributed by atoms with Crippen LogP contribution in [-0.4, -0.2) is 34.2 Å². The summed E-state index contributed by atoms with van der Waals surface area (Å²) in [6.07, 6.45) is 14.0. The number of carboxylic acids is 1. The van der Waals surface area contributed by atoms with Gasteiger partial charge in [-0.15, -0.1) is 0 Å². The third-order valence-electron chi connectivity index (χ3n) is 16.8. The van der Waals surface area contributed by atoms with Crippen molar-refractivity contribution in [3.8, 4) is 0 Å². The Kier molecular flexibility index (Phi) is 9.76. The number of rotatable bonds is 10. The van der Waals surface area contributed by atoms with Crippen LogP contribution in [0.25, 0.3) is 0 Å². The molecule has 1 heterocycles. The first kappa shape index (κ1) is 37.3. The van der Waals surface area contributed by atoms with Crippen LogP contribution in [0.5, 0.6) is 0 Å². The second-order valence-corrected chi connectivity index (χ2v) is 20.1. The summed E-state index contributed by atoms with van der Waals surface area (Å²) < 4.78 is 0. The molecule has 0 aliphatic heterocycles. The van der Waals surface area contributed by atoms with Gasteiger partial charge < -0.3 is 10.4 Å². The number of hydrogen-bond acceptors (Lipinski definition) is 5. The molecule has 0 aromatic carbocycles. The van der Waals surface area contributed by atoms with Gasteiger partial charge in [0.25, 0.3) is 0 Å². The fourth-order valence-corrected chi connectivity index (χ4v) is 14.3. The molecular weight excluding hydrogens is 656 g/mol. The lowest BCUT2D eigenvalue weighted by Crippen LogP contribution is -2.62. The number of fused-ring (bicyclic) bond motifs is 7. The van der Waals surface area contributed by atoms with Crippen LogP contribution in [0.4, 0.5) is 0 Å². The molecule has 1 aromatic heterocycles. The molecule has 0 saturated heterocycles. The molecule has 51 heavy (non-hydrogen) atoms. The predicted octanol–water partition coefficient (Wildman–Crippen LogP) is 9.74. The van der Waals surface area contributed by atoms with Gasteiger partial charge in [0.2, 0.25) is 0 Å². The summed E-state index contributed by atoms with van der Waals surface area (Å²) in [4.78, 5) is 43.5. The first-order valence-corrected chi connectivity index (χ1v) is 20.8. The molecule has 6 aliphatic carbocycles. The lowest BCUT2D eigenvalue weighted by molar-refractivity contribution is -0.193. The predicted molar refractivity (Wildman–Crippen MR) is 202 cm³/mol. The van der Waals surface area contributed by atoms with Gasteiger partial charge in [0.15, 0.2) is 5.78 Å². The second kappa shape index (κ2) is 13.4. The normalized spacial score (nSPS) is 41.3. The van der Waals surface area contributed by atoms with Gasteiger partial charge in [-0.1, -0.05) is 65.6 Å². The first-order chi connectivity index (χ1) is 24.0. The van der Waals surface area contributed by atoms with Crippen LogP contribution >= 0.6 is 11.6 Å². The Morgan fingerprint density at radius 2 is 1.73 bits per heavy atom. The number of nitrogens with zero attached hydrogens (tertiary/aromatic N) is 1. The van der Waals surface area contributed by atoms with E-state index in [9.17, 15) is 19.5 Å². The van der Waals surface area contributed by atoms with Crippen molar-refractivity contribution in [3.05, 3.63) is 40.2 Å². The number of carboxylic acid groups (broad SMARTS) is 1. The molecule has 0 radical (unpaired) electrons. The summed E-state index contributed by atoms with van der Waals surface area (Å²) in [6, 6.07) is 3.88. The third-order valence-corrected chi connectivity index (χ3v) is 17.0. The molecule has 5 saturated carbocycles. The minimum absolute atomic E-state index is 0.0163. The van der Waals surface area contributed by atoms with Crippen molar-refractivity contribution in [1.82, 2.24) is 10.3 Å². The van der Waals surface area contributed by atoms with Gasteiger partial charge in [-0.05, 0) is 146 Å². The van der Waals surface area contributed by atoms with Gasteiger partial charge in [-0.25, -0.2) is 0 Å². The molecule has 1 aromatic rings. The van der Waals surface area contributed by atoms with Gasteiger partial charge in [0, 0.05) is 36.9 Å². The molecule has 11 unspecified atom stereocenters. The molecule has 7 heteroatoms. The molecule has 11 atom stereocenters. The Bertz CT molecular complexity index is 1580. The van der Waals surface area contributed by atoms with Crippen molar-refractivity contribution in [2.45, 2.75) is 132 Å². The number of ketones is 2. The van der Waals surface area contributed by atoms with E-state index in [1.54, 1.807) is 11.8 Å². The highest BCUT2D eigenvalue weighted by atomic mass is 35.5. The maximum absolute atomic E-state index is 13.9. The SMILES string of the molecule is CC(C)C1=C2C3CCC4C(C)(CCC5C(C)(C)C(CC(=O)C6CC(C(=O)O)C6C)CCC54C)C3CCC2(CCNCc2ccc(Cl)cn2)CC1=O. The topological polar surface area (TPSA) is 96.4 Å². The minimum Gasteiger partial charge on any atom is -0.481 e.